The lowest BCUT2D eigenvalue weighted by molar-refractivity contribution is -0.116. The molecule has 0 unspecified atom stereocenters. The van der Waals surface area contributed by atoms with E-state index in [-0.39, 0.29) is 17.9 Å². The lowest BCUT2D eigenvalue weighted by Gasteiger charge is -2.10. The summed E-state index contributed by atoms with van der Waals surface area (Å²) in [7, 11) is 0. The van der Waals surface area contributed by atoms with E-state index in [4.69, 9.17) is 0 Å². The molecular formula is C19H16N4O2S2. The van der Waals surface area contributed by atoms with Gasteiger partial charge in [-0.2, -0.15) is 0 Å². The summed E-state index contributed by atoms with van der Waals surface area (Å²) < 4.78 is 1.20. The summed E-state index contributed by atoms with van der Waals surface area (Å²) in [4.78, 5) is 34.5. The SMILES string of the molecule is Cc1nc2sccc2c(=O)n1NC(=O)Cc1csc(Cc2ccccc2)n1. The van der Waals surface area contributed by atoms with Gasteiger partial charge in [0.15, 0.2) is 0 Å². The Morgan fingerprint density at radius 1 is 1.15 bits per heavy atom. The van der Waals surface area contributed by atoms with E-state index in [1.54, 1.807) is 13.0 Å². The first-order valence-corrected chi connectivity index (χ1v) is 10.1. The van der Waals surface area contributed by atoms with Gasteiger partial charge in [0.25, 0.3) is 5.56 Å². The molecule has 0 aliphatic carbocycles. The van der Waals surface area contributed by atoms with Gasteiger partial charge in [-0.15, -0.1) is 22.7 Å². The van der Waals surface area contributed by atoms with Crippen molar-refractivity contribution in [1.82, 2.24) is 14.6 Å². The number of nitrogens with zero attached hydrogens (tertiary/aromatic N) is 3. The van der Waals surface area contributed by atoms with Crippen LogP contribution in [-0.4, -0.2) is 20.6 Å². The van der Waals surface area contributed by atoms with Crippen LogP contribution in [0.15, 0.2) is 52.0 Å². The standard InChI is InChI=1S/C19H16N4O2S2/c1-12-20-18-15(7-8-26-18)19(25)23(12)22-16(24)10-14-11-27-17(21-14)9-13-5-3-2-4-6-13/h2-8,11H,9-10H2,1H3,(H,22,24). The summed E-state index contributed by atoms with van der Waals surface area (Å²) in [5.41, 5.74) is 4.25. The molecule has 0 radical (unpaired) electrons. The van der Waals surface area contributed by atoms with Crippen molar-refractivity contribution in [3.8, 4) is 0 Å². The van der Waals surface area contributed by atoms with Crippen molar-refractivity contribution < 1.29 is 4.79 Å². The minimum Gasteiger partial charge on any atom is -0.273 e. The number of benzene rings is 1. The molecule has 136 valence electrons. The first-order valence-electron chi connectivity index (χ1n) is 8.34. The van der Waals surface area contributed by atoms with Crippen molar-refractivity contribution in [2.75, 3.05) is 5.43 Å². The molecular weight excluding hydrogens is 380 g/mol. The zero-order valence-electron chi connectivity index (χ0n) is 14.5. The second-order valence-corrected chi connectivity index (χ2v) is 7.88. The van der Waals surface area contributed by atoms with Gasteiger partial charge in [-0.05, 0) is 23.9 Å². The number of thiazole rings is 1. The number of aromatic nitrogens is 3. The van der Waals surface area contributed by atoms with Crippen LogP contribution in [-0.2, 0) is 17.6 Å². The van der Waals surface area contributed by atoms with E-state index < -0.39 is 0 Å². The van der Waals surface area contributed by atoms with Crippen LogP contribution >= 0.6 is 22.7 Å². The van der Waals surface area contributed by atoms with Crippen molar-refractivity contribution in [3.05, 3.63) is 79.6 Å². The number of carbonyl (C=O) groups excluding carboxylic acids is 1. The summed E-state index contributed by atoms with van der Waals surface area (Å²) in [6, 6.07) is 11.8. The quantitative estimate of drug-likeness (QED) is 0.562. The maximum Gasteiger partial charge on any atom is 0.281 e. The molecule has 6 nitrogen and oxygen atoms in total. The third-order valence-electron chi connectivity index (χ3n) is 4.04. The lowest BCUT2D eigenvalue weighted by Crippen LogP contribution is -2.36. The van der Waals surface area contributed by atoms with Crippen LogP contribution in [0.25, 0.3) is 10.2 Å². The predicted molar refractivity (Wildman–Crippen MR) is 108 cm³/mol. The van der Waals surface area contributed by atoms with E-state index in [1.165, 1.54) is 32.9 Å². The summed E-state index contributed by atoms with van der Waals surface area (Å²) in [5.74, 6) is 0.152. The van der Waals surface area contributed by atoms with Crippen LogP contribution in [0.4, 0.5) is 0 Å². The molecule has 3 aromatic heterocycles. The van der Waals surface area contributed by atoms with Crippen LogP contribution in [0.2, 0.25) is 0 Å². The summed E-state index contributed by atoms with van der Waals surface area (Å²) in [6.07, 6.45) is 0.850. The monoisotopic (exact) mass is 396 g/mol. The molecule has 0 aliphatic heterocycles. The summed E-state index contributed by atoms with van der Waals surface area (Å²) >= 11 is 2.93. The number of hydrogen-bond donors (Lipinski definition) is 1. The molecule has 8 heteroatoms. The molecule has 3 heterocycles. The number of rotatable bonds is 5. The third-order valence-corrected chi connectivity index (χ3v) is 5.75. The highest BCUT2D eigenvalue weighted by atomic mass is 32.1. The van der Waals surface area contributed by atoms with Crippen molar-refractivity contribution in [2.45, 2.75) is 19.8 Å². The van der Waals surface area contributed by atoms with Crippen LogP contribution in [0.1, 0.15) is 22.1 Å². The minimum absolute atomic E-state index is 0.110. The Hall–Kier alpha value is -2.84. The summed E-state index contributed by atoms with van der Waals surface area (Å²) in [5, 5.41) is 5.16. The maximum absolute atomic E-state index is 12.5. The molecule has 0 fully saturated rings. The minimum atomic E-state index is -0.298. The number of thiophene rings is 1. The highest BCUT2D eigenvalue weighted by Gasteiger charge is 2.13. The van der Waals surface area contributed by atoms with Crippen molar-refractivity contribution in [2.24, 2.45) is 0 Å². The first kappa shape index (κ1) is 17.6. The second kappa shape index (κ2) is 7.42. The number of hydrogen-bond acceptors (Lipinski definition) is 6. The maximum atomic E-state index is 12.5. The highest BCUT2D eigenvalue weighted by Crippen LogP contribution is 2.16. The predicted octanol–water partition coefficient (Wildman–Crippen LogP) is 3.13. The largest absolute Gasteiger partial charge is 0.281 e. The number of amides is 1. The van der Waals surface area contributed by atoms with Gasteiger partial charge in [-0.3, -0.25) is 15.0 Å². The van der Waals surface area contributed by atoms with Crippen molar-refractivity contribution >= 4 is 38.8 Å². The Morgan fingerprint density at radius 2 is 1.96 bits per heavy atom. The zero-order valence-corrected chi connectivity index (χ0v) is 16.1. The fourth-order valence-corrected chi connectivity index (χ4v) is 4.39. The van der Waals surface area contributed by atoms with Gasteiger partial charge < -0.3 is 0 Å². The zero-order chi connectivity index (χ0) is 18.8. The van der Waals surface area contributed by atoms with E-state index in [2.05, 4.69) is 27.5 Å². The number of aryl methyl sites for hydroxylation is 1. The Kier molecular flexibility index (Phi) is 4.83. The normalized spacial score (nSPS) is 11.0. The Bertz CT molecular complexity index is 1160. The van der Waals surface area contributed by atoms with Gasteiger partial charge in [-0.1, -0.05) is 30.3 Å². The molecule has 27 heavy (non-hydrogen) atoms. The van der Waals surface area contributed by atoms with Crippen LogP contribution in [0.5, 0.6) is 0 Å². The van der Waals surface area contributed by atoms with E-state index in [9.17, 15) is 9.59 Å². The second-order valence-electron chi connectivity index (χ2n) is 6.05. The molecule has 0 spiro atoms. The smallest absolute Gasteiger partial charge is 0.273 e. The molecule has 0 aliphatic rings. The van der Waals surface area contributed by atoms with Crippen LogP contribution in [0.3, 0.4) is 0 Å². The van der Waals surface area contributed by atoms with E-state index in [0.717, 1.165) is 11.4 Å². The first-order chi connectivity index (χ1) is 13.1. The van der Waals surface area contributed by atoms with Crippen molar-refractivity contribution in [3.63, 3.8) is 0 Å². The Labute approximate surface area is 163 Å². The lowest BCUT2D eigenvalue weighted by atomic mass is 10.2. The Morgan fingerprint density at radius 3 is 2.78 bits per heavy atom. The molecule has 1 N–H and O–H groups in total. The Balaban J connectivity index is 1.47. The molecule has 0 saturated carbocycles. The molecule has 0 atom stereocenters. The van der Waals surface area contributed by atoms with Gasteiger partial charge in [-0.25, -0.2) is 14.6 Å². The van der Waals surface area contributed by atoms with Gasteiger partial charge in [0, 0.05) is 11.8 Å². The van der Waals surface area contributed by atoms with Crippen LogP contribution < -0.4 is 11.0 Å². The van der Waals surface area contributed by atoms with Crippen LogP contribution in [0, 0.1) is 6.92 Å². The summed E-state index contributed by atoms with van der Waals surface area (Å²) in [6.45, 7) is 1.70. The van der Waals surface area contributed by atoms with Crippen molar-refractivity contribution in [1.29, 1.82) is 0 Å². The highest BCUT2D eigenvalue weighted by molar-refractivity contribution is 7.16. The number of carbonyl (C=O) groups is 1. The molecule has 1 amide bonds. The molecule has 0 saturated heterocycles. The number of nitrogens with one attached hydrogen (secondary N) is 1. The topological polar surface area (TPSA) is 76.9 Å². The molecule has 0 bridgehead atoms. The van der Waals surface area contributed by atoms with E-state index >= 15 is 0 Å². The van der Waals surface area contributed by atoms with E-state index in [1.807, 2.05) is 29.0 Å². The molecule has 1 aromatic carbocycles. The van der Waals surface area contributed by atoms with Gasteiger partial charge in [0.05, 0.1) is 22.5 Å². The van der Waals surface area contributed by atoms with Gasteiger partial charge in [0.2, 0.25) is 5.91 Å². The fourth-order valence-electron chi connectivity index (χ4n) is 2.76. The van der Waals surface area contributed by atoms with Gasteiger partial charge >= 0.3 is 0 Å². The van der Waals surface area contributed by atoms with Gasteiger partial charge in [0.1, 0.15) is 10.7 Å². The molecule has 4 aromatic rings. The molecule has 4 rings (SSSR count). The average Bonchev–Trinajstić information content (AvgIpc) is 3.29. The third kappa shape index (κ3) is 3.81. The fraction of sp³-hybridized carbons (Fsp3) is 0.158. The number of fused-ring (bicyclic) bond motifs is 1. The van der Waals surface area contributed by atoms with E-state index in [0.29, 0.717) is 21.7 Å². The average molecular weight is 396 g/mol.